The highest BCUT2D eigenvalue weighted by atomic mass is 31.2. The molecule has 0 aromatic heterocycles. The molecule has 2 aliphatic heterocycles. The first-order chi connectivity index (χ1) is 23.3. The summed E-state index contributed by atoms with van der Waals surface area (Å²) in [6, 6.07) is 51.4. The lowest BCUT2D eigenvalue weighted by Crippen LogP contribution is -2.53. The number of hydrogen-bond acceptors (Lipinski definition) is 6. The van der Waals surface area contributed by atoms with E-state index in [4.69, 9.17) is 23.0 Å². The van der Waals surface area contributed by atoms with Gasteiger partial charge in [0.2, 0.25) is 0 Å². The van der Waals surface area contributed by atoms with E-state index in [2.05, 4.69) is 65.6 Å². The summed E-state index contributed by atoms with van der Waals surface area (Å²) in [6.07, 6.45) is -1.66. The second kappa shape index (κ2) is 13.7. The minimum atomic E-state index is -2.10. The Morgan fingerprint density at radius 1 is 0.562 bits per heavy atom. The molecule has 0 N–H and O–H groups in total. The lowest BCUT2D eigenvalue weighted by molar-refractivity contribution is -0.177. The molecule has 7 heteroatoms. The molecular weight excluding hydrogens is 617 g/mol. The summed E-state index contributed by atoms with van der Waals surface area (Å²) in [7, 11) is 1.99. The molecule has 2 aliphatic rings. The van der Waals surface area contributed by atoms with Gasteiger partial charge in [0.1, 0.15) is 18.3 Å². The quantitative estimate of drug-likeness (QED) is 0.147. The van der Waals surface area contributed by atoms with Gasteiger partial charge in [-0.1, -0.05) is 152 Å². The smallest absolute Gasteiger partial charge is 0.336 e. The van der Waals surface area contributed by atoms with Gasteiger partial charge in [0.25, 0.3) is 0 Å². The zero-order valence-electron chi connectivity index (χ0n) is 27.8. The van der Waals surface area contributed by atoms with Crippen LogP contribution in [0.5, 0.6) is 0 Å². The van der Waals surface area contributed by atoms with Crippen LogP contribution in [0.3, 0.4) is 0 Å². The van der Waals surface area contributed by atoms with Gasteiger partial charge < -0.3 is 18.9 Å². The first kappa shape index (κ1) is 32.8. The van der Waals surface area contributed by atoms with E-state index >= 15 is 0 Å². The predicted molar refractivity (Wildman–Crippen MR) is 189 cm³/mol. The average Bonchev–Trinajstić information content (AvgIpc) is 3.40. The summed E-state index contributed by atoms with van der Waals surface area (Å²) in [5.41, 5.74) is 2.39. The van der Waals surface area contributed by atoms with Crippen LogP contribution < -0.4 is 0 Å². The Bertz CT molecular complexity index is 1570. The van der Waals surface area contributed by atoms with E-state index in [1.807, 2.05) is 119 Å². The molecule has 2 fully saturated rings. The van der Waals surface area contributed by atoms with Gasteiger partial charge in [-0.3, -0.25) is 9.05 Å². The van der Waals surface area contributed by atoms with Gasteiger partial charge in [0.05, 0.1) is 0 Å². The lowest BCUT2D eigenvalue weighted by Gasteiger charge is -2.41. The second-order valence-corrected chi connectivity index (χ2v) is 14.1. The lowest BCUT2D eigenvalue weighted by atomic mass is 9.72. The molecule has 246 valence electrons. The Morgan fingerprint density at radius 3 is 1.23 bits per heavy atom. The Labute approximate surface area is 285 Å². The molecule has 0 bridgehead atoms. The fraction of sp³-hybridized carbons (Fsp3) is 0.268. The summed E-state index contributed by atoms with van der Waals surface area (Å²) in [4.78, 5) is 2.12. The Hall–Kier alpha value is -3.71. The second-order valence-electron chi connectivity index (χ2n) is 13.1. The van der Waals surface area contributed by atoms with Gasteiger partial charge in [-0.2, -0.15) is 0 Å². The van der Waals surface area contributed by atoms with E-state index < -0.39 is 37.8 Å². The van der Waals surface area contributed by atoms with E-state index in [0.717, 1.165) is 27.8 Å². The van der Waals surface area contributed by atoms with Crippen LogP contribution in [0.15, 0.2) is 152 Å². The molecule has 2 heterocycles. The molecule has 0 amide bonds. The number of rotatable bonds is 9. The molecule has 5 aromatic rings. The van der Waals surface area contributed by atoms with Crippen LogP contribution in [0.1, 0.15) is 47.8 Å². The standard InChI is InChI=1S/C41H42NO5P/c1-39(2)43-37-38(44-39)41(34-26-16-8-17-27-34,35-28-18-9-19-29-35)47-48(45-36(30-42(3)4)31-20-10-5-11-21-31)46-40(37,32-22-12-6-13-23-32)33-24-14-7-15-25-33/h5-29,36-38H,30H2,1-4H3/t36-,37+,38+/m0/s1. The number of ether oxygens (including phenoxy) is 2. The van der Waals surface area contributed by atoms with Crippen LogP contribution in [0, 0.1) is 0 Å². The van der Waals surface area contributed by atoms with E-state index in [9.17, 15) is 0 Å². The third kappa shape index (κ3) is 6.15. The minimum absolute atomic E-state index is 0.350. The zero-order chi connectivity index (χ0) is 33.2. The van der Waals surface area contributed by atoms with Crippen molar-refractivity contribution < 1.29 is 23.0 Å². The molecule has 6 nitrogen and oxygen atoms in total. The van der Waals surface area contributed by atoms with Gasteiger partial charge >= 0.3 is 8.60 Å². The highest BCUT2D eigenvalue weighted by Crippen LogP contribution is 2.66. The maximum absolute atomic E-state index is 7.51. The molecular formula is C41H42NO5P. The normalized spacial score (nSPS) is 22.1. The summed E-state index contributed by atoms with van der Waals surface area (Å²) in [5.74, 6) is -0.954. The number of nitrogens with zero attached hydrogens (tertiary/aromatic N) is 1. The van der Waals surface area contributed by atoms with E-state index in [1.165, 1.54) is 0 Å². The fourth-order valence-corrected chi connectivity index (χ4v) is 8.62. The zero-order valence-corrected chi connectivity index (χ0v) is 28.7. The first-order valence-electron chi connectivity index (χ1n) is 16.4. The van der Waals surface area contributed by atoms with Crippen LogP contribution >= 0.6 is 8.60 Å². The van der Waals surface area contributed by atoms with Crippen molar-refractivity contribution in [3.05, 3.63) is 179 Å². The van der Waals surface area contributed by atoms with Gasteiger partial charge in [0, 0.05) is 6.54 Å². The van der Waals surface area contributed by atoms with Gasteiger partial charge in [0.15, 0.2) is 17.0 Å². The van der Waals surface area contributed by atoms with Crippen molar-refractivity contribution in [1.82, 2.24) is 4.90 Å². The monoisotopic (exact) mass is 659 g/mol. The highest BCUT2D eigenvalue weighted by Gasteiger charge is 2.67. The maximum Gasteiger partial charge on any atom is 0.336 e. The largest absolute Gasteiger partial charge is 0.341 e. The fourth-order valence-electron chi connectivity index (χ4n) is 7.00. The summed E-state index contributed by atoms with van der Waals surface area (Å²) >= 11 is 0. The van der Waals surface area contributed by atoms with Crippen molar-refractivity contribution in [2.45, 2.75) is 49.1 Å². The van der Waals surface area contributed by atoms with E-state index in [1.54, 1.807) is 0 Å². The molecule has 0 unspecified atom stereocenters. The van der Waals surface area contributed by atoms with Crippen LogP contribution in [-0.2, 0) is 34.2 Å². The maximum atomic E-state index is 7.51. The molecule has 5 aromatic carbocycles. The molecule has 48 heavy (non-hydrogen) atoms. The molecule has 7 rings (SSSR count). The molecule has 2 saturated heterocycles. The molecule has 0 radical (unpaired) electrons. The topological polar surface area (TPSA) is 49.4 Å². The highest BCUT2D eigenvalue weighted by molar-refractivity contribution is 7.41. The summed E-state index contributed by atoms with van der Waals surface area (Å²) in [5, 5.41) is 0. The Kier molecular flexibility index (Phi) is 9.34. The Balaban J connectivity index is 1.52. The number of hydrogen-bond donors (Lipinski definition) is 0. The summed E-state index contributed by atoms with van der Waals surface area (Å²) in [6.45, 7) is 4.55. The van der Waals surface area contributed by atoms with Crippen LogP contribution in [0.25, 0.3) is 0 Å². The van der Waals surface area contributed by atoms with Crippen molar-refractivity contribution in [3.8, 4) is 0 Å². The van der Waals surface area contributed by atoms with Crippen LogP contribution in [-0.4, -0.2) is 43.5 Å². The van der Waals surface area contributed by atoms with Crippen molar-refractivity contribution in [2.75, 3.05) is 20.6 Å². The Morgan fingerprint density at radius 2 is 0.896 bits per heavy atom. The molecule has 0 spiro atoms. The summed E-state index contributed by atoms with van der Waals surface area (Å²) < 4.78 is 36.3. The van der Waals surface area contributed by atoms with Gasteiger partial charge in [-0.15, -0.1) is 0 Å². The van der Waals surface area contributed by atoms with Crippen LogP contribution in [0.2, 0.25) is 0 Å². The van der Waals surface area contributed by atoms with Gasteiger partial charge in [-0.25, -0.2) is 0 Å². The van der Waals surface area contributed by atoms with E-state index in [0.29, 0.717) is 6.54 Å². The third-order valence-electron chi connectivity index (χ3n) is 9.06. The minimum Gasteiger partial charge on any atom is -0.341 e. The van der Waals surface area contributed by atoms with Crippen molar-refractivity contribution in [2.24, 2.45) is 0 Å². The van der Waals surface area contributed by atoms with Crippen LogP contribution in [0.4, 0.5) is 0 Å². The molecule has 0 saturated carbocycles. The SMILES string of the molecule is CN(C)C[C@H](OP1OC(c2ccccc2)(c2ccccc2)[C@@H]2OC(C)(C)O[C@H]2C(c2ccccc2)(c2ccccc2)O1)c1ccccc1. The number of fused-ring (bicyclic) bond motifs is 1. The van der Waals surface area contributed by atoms with Crippen molar-refractivity contribution in [1.29, 1.82) is 0 Å². The van der Waals surface area contributed by atoms with Crippen molar-refractivity contribution in [3.63, 3.8) is 0 Å². The third-order valence-corrected chi connectivity index (χ3v) is 10.4. The number of benzene rings is 5. The van der Waals surface area contributed by atoms with Gasteiger partial charge in [-0.05, 0) is 55.8 Å². The average molecular weight is 660 g/mol. The van der Waals surface area contributed by atoms with E-state index in [-0.39, 0.29) is 6.10 Å². The van der Waals surface area contributed by atoms with Crippen molar-refractivity contribution >= 4 is 8.60 Å². The predicted octanol–water partition coefficient (Wildman–Crippen LogP) is 8.99. The molecule has 3 atom stereocenters. The first-order valence-corrected chi connectivity index (χ1v) is 17.5. The number of likely N-dealkylation sites (N-methyl/N-ethyl adjacent to an activating group) is 1. The molecule has 0 aliphatic carbocycles.